The Morgan fingerprint density at radius 2 is 1.65 bits per heavy atom. The maximum Gasteiger partial charge on any atom is 0.130 e. The summed E-state index contributed by atoms with van der Waals surface area (Å²) in [6, 6.07) is 8.51. The van der Waals surface area contributed by atoms with Gasteiger partial charge in [0, 0.05) is 24.1 Å². The zero-order chi connectivity index (χ0) is 14.7. The van der Waals surface area contributed by atoms with E-state index in [1.54, 1.807) is 0 Å². The summed E-state index contributed by atoms with van der Waals surface area (Å²) in [4.78, 5) is 9.04. The molecule has 0 amide bonds. The lowest BCUT2D eigenvalue weighted by Gasteiger charge is -2.12. The molecular weight excluding hydrogens is 246 g/mol. The van der Waals surface area contributed by atoms with Crippen molar-refractivity contribution >= 4 is 0 Å². The van der Waals surface area contributed by atoms with Crippen LogP contribution in [0, 0.1) is 39.0 Å². The monoisotopic (exact) mass is 265 g/mol. The lowest BCUT2D eigenvalue weighted by atomic mass is 9.97. The molecule has 0 radical (unpaired) electrons. The summed E-state index contributed by atoms with van der Waals surface area (Å²) < 4.78 is 0. The van der Waals surface area contributed by atoms with Crippen molar-refractivity contribution in [2.24, 2.45) is 0 Å². The number of nitriles is 1. The Kier molecular flexibility index (Phi) is 4.14. The molecule has 0 N–H and O–H groups in total. The maximum atomic E-state index is 8.70. The minimum atomic E-state index is 0.453. The third kappa shape index (κ3) is 3.03. The van der Waals surface area contributed by atoms with E-state index in [1.807, 2.05) is 13.0 Å². The lowest BCUT2D eigenvalue weighted by Crippen LogP contribution is -2.01. The Morgan fingerprint density at radius 1 is 1.00 bits per heavy atom. The molecule has 0 unspecified atom stereocenters. The summed E-state index contributed by atoms with van der Waals surface area (Å²) in [6.45, 7) is 8.30. The highest BCUT2D eigenvalue weighted by atomic mass is 14.9. The predicted molar refractivity (Wildman–Crippen MR) is 80.4 cm³/mol. The van der Waals surface area contributed by atoms with Gasteiger partial charge >= 0.3 is 0 Å². The Labute approximate surface area is 120 Å². The van der Waals surface area contributed by atoms with Crippen LogP contribution < -0.4 is 0 Å². The molecular formula is C17H19N3. The van der Waals surface area contributed by atoms with E-state index < -0.39 is 0 Å². The van der Waals surface area contributed by atoms with Crippen LogP contribution in [0.2, 0.25) is 0 Å². The van der Waals surface area contributed by atoms with E-state index in [0.717, 1.165) is 17.2 Å². The fourth-order valence-corrected chi connectivity index (χ4v) is 2.62. The molecule has 3 nitrogen and oxygen atoms in total. The van der Waals surface area contributed by atoms with E-state index >= 15 is 0 Å². The molecule has 0 aliphatic heterocycles. The zero-order valence-corrected chi connectivity index (χ0v) is 12.5. The summed E-state index contributed by atoms with van der Waals surface area (Å²) in [5.41, 5.74) is 6.81. The van der Waals surface area contributed by atoms with E-state index in [9.17, 15) is 0 Å². The predicted octanol–water partition coefficient (Wildman–Crippen LogP) is 3.83. The third-order valence-corrected chi connectivity index (χ3v) is 3.29. The number of hydrogen-bond donors (Lipinski definition) is 0. The topological polar surface area (TPSA) is 49.6 Å². The molecule has 0 aliphatic carbocycles. The van der Waals surface area contributed by atoms with Crippen molar-refractivity contribution in [2.75, 3.05) is 0 Å². The quantitative estimate of drug-likeness (QED) is 0.847. The minimum Gasteiger partial charge on any atom is -0.238 e. The number of aromatic nitrogens is 2. The molecule has 3 heteroatoms. The summed E-state index contributed by atoms with van der Waals surface area (Å²) >= 11 is 0. The largest absolute Gasteiger partial charge is 0.238 e. The number of aryl methyl sites for hydroxylation is 5. The summed E-state index contributed by atoms with van der Waals surface area (Å²) in [5.74, 6) is 0.751. The zero-order valence-electron chi connectivity index (χ0n) is 12.5. The highest BCUT2D eigenvalue weighted by Crippen LogP contribution is 2.27. The van der Waals surface area contributed by atoms with Gasteiger partial charge in [-0.25, -0.2) is 9.97 Å². The van der Waals surface area contributed by atoms with Crippen molar-refractivity contribution in [1.29, 1.82) is 5.26 Å². The van der Waals surface area contributed by atoms with Gasteiger partial charge in [0.1, 0.15) is 5.82 Å². The number of benzene rings is 1. The van der Waals surface area contributed by atoms with E-state index in [-0.39, 0.29) is 0 Å². The highest BCUT2D eigenvalue weighted by molar-refractivity contribution is 5.68. The SMILES string of the molecule is Cc1cc(C)c(-c2cc(C)nc(CCC#N)n2)c(C)c1. The number of nitrogens with zero attached hydrogens (tertiary/aromatic N) is 3. The van der Waals surface area contributed by atoms with Crippen molar-refractivity contribution in [3.8, 4) is 17.3 Å². The van der Waals surface area contributed by atoms with Crippen molar-refractivity contribution in [2.45, 2.75) is 40.5 Å². The molecule has 1 aromatic carbocycles. The average molecular weight is 265 g/mol. The highest BCUT2D eigenvalue weighted by Gasteiger charge is 2.10. The average Bonchev–Trinajstić information content (AvgIpc) is 2.34. The van der Waals surface area contributed by atoms with Crippen LogP contribution in [0.5, 0.6) is 0 Å². The first-order chi connectivity index (χ1) is 9.51. The van der Waals surface area contributed by atoms with Crippen LogP contribution in [0.3, 0.4) is 0 Å². The third-order valence-electron chi connectivity index (χ3n) is 3.29. The normalized spacial score (nSPS) is 10.3. The van der Waals surface area contributed by atoms with Crippen LogP contribution in [0.25, 0.3) is 11.3 Å². The number of hydrogen-bond acceptors (Lipinski definition) is 3. The maximum absolute atomic E-state index is 8.70. The van der Waals surface area contributed by atoms with Crippen molar-refractivity contribution < 1.29 is 0 Å². The molecule has 20 heavy (non-hydrogen) atoms. The molecule has 1 aromatic heterocycles. The van der Waals surface area contributed by atoms with E-state index in [2.05, 4.69) is 48.9 Å². The Balaban J connectivity index is 2.53. The molecule has 0 saturated heterocycles. The fourth-order valence-electron chi connectivity index (χ4n) is 2.62. The van der Waals surface area contributed by atoms with Crippen molar-refractivity contribution in [3.63, 3.8) is 0 Å². The molecule has 2 rings (SSSR count). The van der Waals surface area contributed by atoms with Gasteiger partial charge in [-0.3, -0.25) is 0 Å². The van der Waals surface area contributed by atoms with Crippen molar-refractivity contribution in [1.82, 2.24) is 9.97 Å². The first-order valence-corrected chi connectivity index (χ1v) is 6.81. The van der Waals surface area contributed by atoms with E-state index in [0.29, 0.717) is 12.8 Å². The molecule has 0 saturated carbocycles. The van der Waals surface area contributed by atoms with E-state index in [4.69, 9.17) is 5.26 Å². The second kappa shape index (κ2) is 5.83. The van der Waals surface area contributed by atoms with Gasteiger partial charge in [-0.1, -0.05) is 17.7 Å². The van der Waals surface area contributed by atoms with Gasteiger partial charge in [0.05, 0.1) is 11.8 Å². The molecule has 1 heterocycles. The molecule has 102 valence electrons. The van der Waals surface area contributed by atoms with Gasteiger partial charge in [-0.05, 0) is 44.9 Å². The van der Waals surface area contributed by atoms with Gasteiger partial charge < -0.3 is 0 Å². The summed E-state index contributed by atoms with van der Waals surface area (Å²) in [6.07, 6.45) is 1.06. The molecule has 0 bridgehead atoms. The van der Waals surface area contributed by atoms with Gasteiger partial charge in [0.25, 0.3) is 0 Å². The summed E-state index contributed by atoms with van der Waals surface area (Å²) in [5, 5.41) is 8.70. The van der Waals surface area contributed by atoms with Gasteiger partial charge in [-0.2, -0.15) is 5.26 Å². The molecule has 0 aliphatic rings. The van der Waals surface area contributed by atoms with Crippen LogP contribution in [0.1, 0.15) is 34.6 Å². The molecule has 0 fully saturated rings. The smallest absolute Gasteiger partial charge is 0.130 e. The van der Waals surface area contributed by atoms with Crippen LogP contribution in [-0.4, -0.2) is 9.97 Å². The minimum absolute atomic E-state index is 0.453. The Hall–Kier alpha value is -2.21. The van der Waals surface area contributed by atoms with E-state index in [1.165, 1.54) is 22.3 Å². The second-order valence-electron chi connectivity index (χ2n) is 5.24. The van der Waals surface area contributed by atoms with Gasteiger partial charge in [-0.15, -0.1) is 0 Å². The second-order valence-corrected chi connectivity index (χ2v) is 5.24. The van der Waals surface area contributed by atoms with Gasteiger partial charge in [0.2, 0.25) is 0 Å². The first kappa shape index (κ1) is 14.2. The molecule has 0 atom stereocenters. The molecule has 0 spiro atoms. The standard InChI is InChI=1S/C17H19N3/c1-11-8-12(2)17(13(3)9-11)15-10-14(4)19-16(20-15)6-5-7-18/h8-10H,5-6H2,1-4H3. The fraction of sp³-hybridized carbons (Fsp3) is 0.353. The van der Waals surface area contributed by atoms with Crippen LogP contribution in [-0.2, 0) is 6.42 Å². The van der Waals surface area contributed by atoms with Gasteiger partial charge in [0.15, 0.2) is 0 Å². The molecule has 2 aromatic rings. The van der Waals surface area contributed by atoms with Crippen molar-refractivity contribution in [3.05, 3.63) is 46.4 Å². The Morgan fingerprint density at radius 3 is 2.25 bits per heavy atom. The summed E-state index contributed by atoms with van der Waals surface area (Å²) in [7, 11) is 0. The first-order valence-electron chi connectivity index (χ1n) is 6.81. The van der Waals surface area contributed by atoms with Crippen LogP contribution in [0.4, 0.5) is 0 Å². The Bertz CT molecular complexity index is 658. The number of rotatable bonds is 3. The lowest BCUT2D eigenvalue weighted by molar-refractivity contribution is 0.872. The van der Waals surface area contributed by atoms with Crippen LogP contribution in [0.15, 0.2) is 18.2 Å². The van der Waals surface area contributed by atoms with Crippen LogP contribution >= 0.6 is 0 Å².